The fourth-order valence-electron chi connectivity index (χ4n) is 2.19. The Bertz CT molecular complexity index is 430. The van der Waals surface area contributed by atoms with E-state index in [1.54, 1.807) is 4.90 Å². The Balaban J connectivity index is 2.10. The van der Waals surface area contributed by atoms with E-state index in [4.69, 9.17) is 10.5 Å². The van der Waals surface area contributed by atoms with Crippen LogP contribution in [0.1, 0.15) is 19.8 Å². The van der Waals surface area contributed by atoms with E-state index in [1.165, 1.54) is 0 Å². The Kier molecular flexibility index (Phi) is 4.63. The van der Waals surface area contributed by atoms with Gasteiger partial charge in [0.2, 0.25) is 0 Å². The number of hydrogen-bond donors (Lipinski definition) is 2. The lowest BCUT2D eigenvalue weighted by atomic mass is 10.2. The highest BCUT2D eigenvalue weighted by atomic mass is 16.5. The largest absolute Gasteiger partial charge is 0.397 e. The zero-order valence-corrected chi connectivity index (χ0v) is 11.3. The van der Waals surface area contributed by atoms with Crippen molar-refractivity contribution in [3.63, 3.8) is 0 Å². The van der Waals surface area contributed by atoms with Gasteiger partial charge in [0.05, 0.1) is 24.0 Å². The van der Waals surface area contributed by atoms with Crippen LogP contribution in [-0.4, -0.2) is 31.8 Å². The Morgan fingerprint density at radius 3 is 2.95 bits per heavy atom. The highest BCUT2D eigenvalue weighted by molar-refractivity contribution is 5.95. The maximum absolute atomic E-state index is 12.3. The Labute approximate surface area is 113 Å². The number of nitrogens with two attached hydrogens (primary N) is 1. The molecule has 0 aliphatic carbocycles. The van der Waals surface area contributed by atoms with Gasteiger partial charge in [-0.3, -0.25) is 4.90 Å². The van der Waals surface area contributed by atoms with Crippen LogP contribution in [0.2, 0.25) is 0 Å². The Hall–Kier alpha value is -1.75. The number of rotatable bonds is 4. The van der Waals surface area contributed by atoms with Gasteiger partial charge < -0.3 is 15.8 Å². The number of carbonyl (C=O) groups excluding carboxylic acids is 1. The maximum Gasteiger partial charge on any atom is 0.322 e. The molecule has 0 bridgehead atoms. The topological polar surface area (TPSA) is 67.6 Å². The average Bonchev–Trinajstić information content (AvgIpc) is 2.90. The number of amides is 2. The SMILES string of the molecule is CCCN(C(=O)NC1CCOC1)c1ccccc1N. The lowest BCUT2D eigenvalue weighted by Crippen LogP contribution is -2.45. The molecule has 2 rings (SSSR count). The molecule has 0 radical (unpaired) electrons. The first-order valence-electron chi connectivity index (χ1n) is 6.72. The van der Waals surface area contributed by atoms with Gasteiger partial charge in [-0.1, -0.05) is 19.1 Å². The highest BCUT2D eigenvalue weighted by Gasteiger charge is 2.22. The number of anilines is 2. The standard InChI is InChI=1S/C14H21N3O2/c1-2-8-17(13-6-4-3-5-12(13)15)14(18)16-11-7-9-19-10-11/h3-6,11H,2,7-10,15H2,1H3,(H,16,18). The van der Waals surface area contributed by atoms with Crippen molar-refractivity contribution >= 4 is 17.4 Å². The molecule has 1 aromatic rings. The van der Waals surface area contributed by atoms with E-state index in [0.29, 0.717) is 25.4 Å². The van der Waals surface area contributed by atoms with Crippen LogP contribution in [0, 0.1) is 0 Å². The number of nitrogen functional groups attached to an aromatic ring is 1. The first kappa shape index (κ1) is 13.7. The van der Waals surface area contributed by atoms with E-state index in [1.807, 2.05) is 31.2 Å². The lowest BCUT2D eigenvalue weighted by molar-refractivity contribution is 0.189. The summed E-state index contributed by atoms with van der Waals surface area (Å²) in [6.45, 7) is 3.99. The van der Waals surface area contributed by atoms with Gasteiger partial charge >= 0.3 is 6.03 Å². The van der Waals surface area contributed by atoms with E-state index in [9.17, 15) is 4.79 Å². The molecule has 19 heavy (non-hydrogen) atoms. The molecule has 2 amide bonds. The summed E-state index contributed by atoms with van der Waals surface area (Å²) in [6.07, 6.45) is 1.75. The molecule has 3 N–H and O–H groups in total. The summed E-state index contributed by atoms with van der Waals surface area (Å²) in [7, 11) is 0. The van der Waals surface area contributed by atoms with E-state index in [-0.39, 0.29) is 12.1 Å². The summed E-state index contributed by atoms with van der Waals surface area (Å²) in [5.41, 5.74) is 7.34. The van der Waals surface area contributed by atoms with Crippen LogP contribution in [-0.2, 0) is 4.74 Å². The molecule has 1 saturated heterocycles. The van der Waals surface area contributed by atoms with Gasteiger partial charge in [-0.15, -0.1) is 0 Å². The van der Waals surface area contributed by atoms with Gasteiger partial charge in [0, 0.05) is 13.2 Å². The van der Waals surface area contributed by atoms with Gasteiger partial charge in [0.15, 0.2) is 0 Å². The second kappa shape index (κ2) is 6.43. The molecular formula is C14H21N3O2. The molecule has 1 aliphatic heterocycles. The molecule has 5 nitrogen and oxygen atoms in total. The third kappa shape index (κ3) is 3.38. The molecule has 0 aromatic heterocycles. The number of ether oxygens (including phenoxy) is 1. The fraction of sp³-hybridized carbons (Fsp3) is 0.500. The minimum Gasteiger partial charge on any atom is -0.397 e. The van der Waals surface area contributed by atoms with Gasteiger partial charge in [0.25, 0.3) is 0 Å². The molecule has 5 heteroatoms. The minimum atomic E-state index is -0.102. The van der Waals surface area contributed by atoms with Crippen molar-refractivity contribution in [2.45, 2.75) is 25.8 Å². The molecule has 0 spiro atoms. The molecule has 1 heterocycles. The van der Waals surface area contributed by atoms with E-state index in [2.05, 4.69) is 5.32 Å². The van der Waals surface area contributed by atoms with Crippen LogP contribution in [0.4, 0.5) is 16.2 Å². The normalized spacial score (nSPS) is 18.3. The van der Waals surface area contributed by atoms with E-state index in [0.717, 1.165) is 18.5 Å². The molecule has 1 aliphatic rings. The third-order valence-electron chi connectivity index (χ3n) is 3.18. The molecular weight excluding hydrogens is 242 g/mol. The highest BCUT2D eigenvalue weighted by Crippen LogP contribution is 2.23. The number of hydrogen-bond acceptors (Lipinski definition) is 3. The van der Waals surface area contributed by atoms with Crippen LogP contribution < -0.4 is 16.0 Å². The van der Waals surface area contributed by atoms with Crippen LogP contribution in [0.25, 0.3) is 0 Å². The predicted octanol–water partition coefficient (Wildman–Crippen LogP) is 1.98. The van der Waals surface area contributed by atoms with E-state index < -0.39 is 0 Å². The van der Waals surface area contributed by atoms with E-state index >= 15 is 0 Å². The molecule has 1 unspecified atom stereocenters. The summed E-state index contributed by atoms with van der Waals surface area (Å²) < 4.78 is 5.27. The van der Waals surface area contributed by atoms with Crippen LogP contribution in [0.5, 0.6) is 0 Å². The number of nitrogens with zero attached hydrogens (tertiary/aromatic N) is 1. The Morgan fingerprint density at radius 1 is 1.53 bits per heavy atom. The van der Waals surface area contributed by atoms with Crippen molar-refractivity contribution in [1.82, 2.24) is 5.32 Å². The van der Waals surface area contributed by atoms with Crippen LogP contribution in [0.3, 0.4) is 0 Å². The van der Waals surface area contributed by atoms with Gasteiger partial charge in [-0.2, -0.15) is 0 Å². The van der Waals surface area contributed by atoms with Gasteiger partial charge in [0.1, 0.15) is 0 Å². The molecule has 1 fully saturated rings. The zero-order chi connectivity index (χ0) is 13.7. The average molecular weight is 263 g/mol. The van der Waals surface area contributed by atoms with Crippen molar-refractivity contribution in [1.29, 1.82) is 0 Å². The molecule has 1 aromatic carbocycles. The second-order valence-electron chi connectivity index (χ2n) is 4.72. The number of nitrogens with one attached hydrogen (secondary N) is 1. The predicted molar refractivity (Wildman–Crippen MR) is 76.2 cm³/mol. The maximum atomic E-state index is 12.3. The monoisotopic (exact) mass is 263 g/mol. The smallest absolute Gasteiger partial charge is 0.322 e. The summed E-state index contributed by atoms with van der Waals surface area (Å²) in [5, 5.41) is 3.00. The summed E-state index contributed by atoms with van der Waals surface area (Å²) in [4.78, 5) is 14.0. The van der Waals surface area contributed by atoms with Crippen molar-refractivity contribution in [2.75, 3.05) is 30.4 Å². The molecule has 104 valence electrons. The van der Waals surface area contributed by atoms with Crippen molar-refractivity contribution in [3.8, 4) is 0 Å². The number of urea groups is 1. The van der Waals surface area contributed by atoms with Crippen LogP contribution >= 0.6 is 0 Å². The minimum absolute atomic E-state index is 0.102. The van der Waals surface area contributed by atoms with Gasteiger partial charge in [-0.25, -0.2) is 4.79 Å². The molecule has 1 atom stereocenters. The molecule has 0 saturated carbocycles. The fourth-order valence-corrected chi connectivity index (χ4v) is 2.19. The summed E-state index contributed by atoms with van der Waals surface area (Å²) in [5.74, 6) is 0. The summed E-state index contributed by atoms with van der Waals surface area (Å²) >= 11 is 0. The third-order valence-corrected chi connectivity index (χ3v) is 3.18. The summed E-state index contributed by atoms with van der Waals surface area (Å²) in [6, 6.07) is 7.44. The quantitative estimate of drug-likeness (QED) is 0.816. The lowest BCUT2D eigenvalue weighted by Gasteiger charge is -2.25. The first-order valence-corrected chi connectivity index (χ1v) is 6.72. The number of para-hydroxylation sites is 2. The second-order valence-corrected chi connectivity index (χ2v) is 4.72. The van der Waals surface area contributed by atoms with Crippen molar-refractivity contribution < 1.29 is 9.53 Å². The zero-order valence-electron chi connectivity index (χ0n) is 11.3. The van der Waals surface area contributed by atoms with Crippen molar-refractivity contribution in [3.05, 3.63) is 24.3 Å². The number of benzene rings is 1. The number of carbonyl (C=O) groups is 1. The van der Waals surface area contributed by atoms with Crippen molar-refractivity contribution in [2.24, 2.45) is 0 Å². The Morgan fingerprint density at radius 2 is 2.32 bits per heavy atom. The van der Waals surface area contributed by atoms with Crippen LogP contribution in [0.15, 0.2) is 24.3 Å². The van der Waals surface area contributed by atoms with Gasteiger partial charge in [-0.05, 0) is 25.0 Å². The first-order chi connectivity index (χ1) is 9.22.